The predicted octanol–water partition coefficient (Wildman–Crippen LogP) is 13.1. The summed E-state index contributed by atoms with van der Waals surface area (Å²) in [7, 11) is 0. The number of hydrogen-bond acceptors (Lipinski definition) is 1. The smallest absolute Gasteiger partial charge is 0.0546 e. The summed E-state index contributed by atoms with van der Waals surface area (Å²) in [5.74, 6) is 0. The first-order valence-electron chi connectivity index (χ1n) is 17.4. The number of benzene rings is 7. The van der Waals surface area contributed by atoms with E-state index in [1.165, 1.54) is 72.4 Å². The van der Waals surface area contributed by atoms with Crippen molar-refractivity contribution in [2.45, 2.75) is 38.5 Å². The summed E-state index contributed by atoms with van der Waals surface area (Å²) >= 11 is 0. The normalized spacial score (nSPS) is 14.4. The Balaban J connectivity index is 1.38. The van der Waals surface area contributed by atoms with E-state index in [1.54, 1.807) is 0 Å². The van der Waals surface area contributed by atoms with Gasteiger partial charge in [0.15, 0.2) is 0 Å². The molecule has 2 aliphatic rings. The Bertz CT molecular complexity index is 2380. The van der Waals surface area contributed by atoms with Crippen LogP contribution in [-0.2, 0) is 10.8 Å². The predicted molar refractivity (Wildman–Crippen MR) is 207 cm³/mol. The molecule has 0 aromatic heterocycles. The second-order valence-electron chi connectivity index (χ2n) is 14.5. The lowest BCUT2D eigenvalue weighted by atomic mass is 9.82. The van der Waals surface area contributed by atoms with Crippen LogP contribution in [0.5, 0.6) is 0 Å². The zero-order valence-corrected chi connectivity index (χ0v) is 28.5. The van der Waals surface area contributed by atoms with Crippen LogP contribution in [0, 0.1) is 0 Å². The Kier molecular flexibility index (Phi) is 6.58. The van der Waals surface area contributed by atoms with Gasteiger partial charge in [-0.25, -0.2) is 0 Å². The summed E-state index contributed by atoms with van der Waals surface area (Å²) in [5, 5.41) is 0. The molecular weight excluding hydrogens is 591 g/mol. The highest BCUT2D eigenvalue weighted by Gasteiger charge is 2.39. The highest BCUT2D eigenvalue weighted by Crippen LogP contribution is 2.57. The molecule has 0 spiro atoms. The largest absolute Gasteiger partial charge is 0.309 e. The molecule has 7 aromatic rings. The first kappa shape index (κ1) is 29.5. The van der Waals surface area contributed by atoms with Crippen molar-refractivity contribution in [3.05, 3.63) is 186 Å². The lowest BCUT2D eigenvalue weighted by molar-refractivity contribution is 0.660. The van der Waals surface area contributed by atoms with E-state index in [-0.39, 0.29) is 10.8 Å². The zero-order valence-electron chi connectivity index (χ0n) is 28.5. The molecule has 0 unspecified atom stereocenters. The molecule has 2 aliphatic carbocycles. The van der Waals surface area contributed by atoms with Gasteiger partial charge in [0.05, 0.1) is 11.4 Å². The van der Waals surface area contributed by atoms with E-state index in [1.807, 2.05) is 0 Å². The minimum atomic E-state index is -0.108. The molecule has 1 heteroatoms. The molecule has 0 radical (unpaired) electrons. The maximum atomic E-state index is 2.54. The maximum absolute atomic E-state index is 2.54. The van der Waals surface area contributed by atoms with Crippen LogP contribution in [0.4, 0.5) is 17.1 Å². The topological polar surface area (TPSA) is 3.24 Å². The third-order valence-electron chi connectivity index (χ3n) is 11.1. The molecule has 0 bridgehead atoms. The maximum Gasteiger partial charge on any atom is 0.0546 e. The van der Waals surface area contributed by atoms with Crippen LogP contribution < -0.4 is 4.90 Å². The summed E-state index contributed by atoms with van der Waals surface area (Å²) in [5.41, 5.74) is 19.0. The third kappa shape index (κ3) is 4.39. The molecule has 0 atom stereocenters. The molecular formula is C48H39N. The average Bonchev–Trinajstić information content (AvgIpc) is 3.52. The summed E-state index contributed by atoms with van der Waals surface area (Å²) in [6, 6.07) is 60.5. The molecule has 7 aromatic carbocycles. The number of hydrogen-bond donors (Lipinski definition) is 0. The Morgan fingerprint density at radius 2 is 0.837 bits per heavy atom. The minimum absolute atomic E-state index is 0.0608. The lowest BCUT2D eigenvalue weighted by Gasteiger charge is -2.32. The van der Waals surface area contributed by atoms with Crippen molar-refractivity contribution in [1.82, 2.24) is 0 Å². The minimum Gasteiger partial charge on any atom is -0.309 e. The fourth-order valence-electron chi connectivity index (χ4n) is 8.67. The number of fused-ring (bicyclic) bond motifs is 6. The first-order chi connectivity index (χ1) is 23.9. The molecule has 0 amide bonds. The van der Waals surface area contributed by atoms with Gasteiger partial charge in [0.2, 0.25) is 0 Å². The second-order valence-corrected chi connectivity index (χ2v) is 14.5. The molecule has 0 N–H and O–H groups in total. The van der Waals surface area contributed by atoms with Crippen LogP contribution in [0.2, 0.25) is 0 Å². The van der Waals surface area contributed by atoms with Gasteiger partial charge in [0.25, 0.3) is 0 Å². The quantitative estimate of drug-likeness (QED) is 0.183. The summed E-state index contributed by atoms with van der Waals surface area (Å²) in [6.07, 6.45) is 0. The molecule has 1 nitrogen and oxygen atoms in total. The van der Waals surface area contributed by atoms with Crippen LogP contribution in [0.15, 0.2) is 164 Å². The van der Waals surface area contributed by atoms with Gasteiger partial charge in [-0.1, -0.05) is 167 Å². The molecule has 9 rings (SSSR count). The van der Waals surface area contributed by atoms with Crippen molar-refractivity contribution in [2.24, 2.45) is 0 Å². The van der Waals surface area contributed by atoms with Crippen LogP contribution in [0.1, 0.15) is 49.9 Å². The Labute approximate surface area is 290 Å². The van der Waals surface area contributed by atoms with Crippen molar-refractivity contribution in [3.8, 4) is 44.5 Å². The van der Waals surface area contributed by atoms with Crippen LogP contribution in [0.3, 0.4) is 0 Å². The van der Waals surface area contributed by atoms with Gasteiger partial charge >= 0.3 is 0 Å². The number of anilines is 3. The molecule has 0 saturated heterocycles. The van der Waals surface area contributed by atoms with Crippen LogP contribution in [-0.4, -0.2) is 0 Å². The van der Waals surface area contributed by atoms with E-state index in [4.69, 9.17) is 0 Å². The van der Waals surface area contributed by atoms with E-state index >= 15 is 0 Å². The van der Waals surface area contributed by atoms with Crippen molar-refractivity contribution < 1.29 is 0 Å². The van der Waals surface area contributed by atoms with Gasteiger partial charge in [-0.2, -0.15) is 0 Å². The van der Waals surface area contributed by atoms with Gasteiger partial charge in [-0.05, 0) is 79.9 Å². The van der Waals surface area contributed by atoms with Crippen molar-refractivity contribution in [2.75, 3.05) is 4.90 Å². The lowest BCUT2D eigenvalue weighted by Crippen LogP contribution is -2.17. The monoisotopic (exact) mass is 629 g/mol. The molecule has 0 fully saturated rings. The van der Waals surface area contributed by atoms with Crippen molar-refractivity contribution >= 4 is 17.1 Å². The fraction of sp³-hybridized carbons (Fsp3) is 0.125. The van der Waals surface area contributed by atoms with E-state index in [0.29, 0.717) is 0 Å². The van der Waals surface area contributed by atoms with E-state index < -0.39 is 0 Å². The Morgan fingerprint density at radius 1 is 0.347 bits per heavy atom. The number of nitrogens with zero attached hydrogens (tertiary/aromatic N) is 1. The van der Waals surface area contributed by atoms with Gasteiger partial charge in [-0.3, -0.25) is 0 Å². The SMILES string of the molecule is CC1(C)c2ccccc2-c2cc(N(c3cccc(-c4ccccc4)c3-c3ccccc3)c3cccc4c3-c3ccccc3C4(C)C)ccc21. The summed E-state index contributed by atoms with van der Waals surface area (Å²) < 4.78 is 0. The van der Waals surface area contributed by atoms with Gasteiger partial charge in [-0.15, -0.1) is 0 Å². The van der Waals surface area contributed by atoms with Crippen LogP contribution in [0.25, 0.3) is 44.5 Å². The second kappa shape index (κ2) is 10.9. The first-order valence-corrected chi connectivity index (χ1v) is 17.4. The highest BCUT2D eigenvalue weighted by atomic mass is 15.1. The van der Waals surface area contributed by atoms with Gasteiger partial charge in [0, 0.05) is 27.6 Å². The Morgan fingerprint density at radius 3 is 1.55 bits per heavy atom. The standard InChI is InChI=1S/C48H39N/c1-47(2)39-24-13-11-21-36(39)38-31-34(29-30-41(38)47)49(44-28-16-26-42-46(44)37-22-12-14-25-40(37)48(42,3)4)43-27-15-23-35(32-17-7-5-8-18-32)45(43)33-19-9-6-10-20-33/h5-31H,1-4H3. The average molecular weight is 630 g/mol. The van der Waals surface area contributed by atoms with Crippen molar-refractivity contribution in [3.63, 3.8) is 0 Å². The van der Waals surface area contributed by atoms with Gasteiger partial charge < -0.3 is 4.90 Å². The summed E-state index contributed by atoms with van der Waals surface area (Å²) in [6.45, 7) is 9.45. The Hall–Kier alpha value is -5.66. The molecule has 0 aliphatic heterocycles. The zero-order chi connectivity index (χ0) is 33.3. The fourth-order valence-corrected chi connectivity index (χ4v) is 8.67. The molecule has 236 valence electrons. The third-order valence-corrected chi connectivity index (χ3v) is 11.1. The molecule has 0 saturated carbocycles. The van der Waals surface area contributed by atoms with Crippen molar-refractivity contribution in [1.29, 1.82) is 0 Å². The van der Waals surface area contributed by atoms with Gasteiger partial charge in [0.1, 0.15) is 0 Å². The molecule has 49 heavy (non-hydrogen) atoms. The van der Waals surface area contributed by atoms with E-state index in [0.717, 1.165) is 11.4 Å². The van der Waals surface area contributed by atoms with E-state index in [9.17, 15) is 0 Å². The summed E-state index contributed by atoms with van der Waals surface area (Å²) in [4.78, 5) is 2.54. The number of rotatable bonds is 5. The molecule has 0 heterocycles. The van der Waals surface area contributed by atoms with Crippen LogP contribution >= 0.6 is 0 Å². The highest BCUT2D eigenvalue weighted by molar-refractivity contribution is 6.01. The van der Waals surface area contributed by atoms with E-state index in [2.05, 4.69) is 196 Å².